The number of likely N-dealkylation sites (N-methyl/N-ethyl adjacent to an activating group) is 1. The van der Waals surface area contributed by atoms with Crippen LogP contribution in [0.25, 0.3) is 0 Å². The highest BCUT2D eigenvalue weighted by Gasteiger charge is 2.33. The summed E-state index contributed by atoms with van der Waals surface area (Å²) in [5.74, 6) is 0.109. The van der Waals surface area contributed by atoms with E-state index in [1.807, 2.05) is 7.05 Å². The van der Waals surface area contributed by atoms with Crippen LogP contribution in [0.15, 0.2) is 12.1 Å². The van der Waals surface area contributed by atoms with E-state index in [4.69, 9.17) is 18.0 Å². The lowest BCUT2D eigenvalue weighted by Crippen LogP contribution is -2.40. The fourth-order valence-corrected chi connectivity index (χ4v) is 2.57. The number of rotatable bonds is 3. The van der Waals surface area contributed by atoms with Gasteiger partial charge in [-0.1, -0.05) is 12.2 Å². The summed E-state index contributed by atoms with van der Waals surface area (Å²) < 4.78 is 38.3. The molecule has 0 aliphatic carbocycles. The van der Waals surface area contributed by atoms with Gasteiger partial charge in [0.2, 0.25) is 0 Å². The molecule has 0 spiro atoms. The number of thiocarbonyl (C=S) groups is 1. The van der Waals surface area contributed by atoms with Gasteiger partial charge in [-0.15, -0.1) is 0 Å². The molecule has 116 valence electrons. The summed E-state index contributed by atoms with van der Waals surface area (Å²) in [7, 11) is 1.97. The first-order valence-corrected chi connectivity index (χ1v) is 7.01. The fourth-order valence-electron chi connectivity index (χ4n) is 2.40. The van der Waals surface area contributed by atoms with E-state index in [1.165, 1.54) is 6.07 Å². The van der Waals surface area contributed by atoms with Gasteiger partial charge in [-0.2, -0.15) is 13.2 Å². The van der Waals surface area contributed by atoms with E-state index in [9.17, 15) is 13.2 Å². The molecular weight excluding hydrogens is 301 g/mol. The molecule has 2 heterocycles. The summed E-state index contributed by atoms with van der Waals surface area (Å²) in [4.78, 5) is 5.81. The molecule has 0 bridgehead atoms. The highest BCUT2D eigenvalue weighted by molar-refractivity contribution is 7.80. The third-order valence-electron chi connectivity index (χ3n) is 3.42. The van der Waals surface area contributed by atoms with Gasteiger partial charge in [-0.3, -0.25) is 0 Å². The lowest BCUT2D eigenvalue weighted by molar-refractivity contribution is -0.141. The van der Waals surface area contributed by atoms with E-state index in [0.29, 0.717) is 5.56 Å². The molecule has 3 N–H and O–H groups in total. The second-order valence-corrected chi connectivity index (χ2v) is 5.64. The molecule has 1 fully saturated rings. The van der Waals surface area contributed by atoms with Gasteiger partial charge >= 0.3 is 6.18 Å². The number of aromatic nitrogens is 1. The number of nitrogens with zero attached hydrogens (tertiary/aromatic N) is 2. The zero-order valence-electron chi connectivity index (χ0n) is 11.6. The smallest absolute Gasteiger partial charge is 0.389 e. The molecule has 1 aromatic rings. The Morgan fingerprint density at radius 3 is 2.76 bits per heavy atom. The summed E-state index contributed by atoms with van der Waals surface area (Å²) in [5.41, 5.74) is 4.96. The highest BCUT2D eigenvalue weighted by atomic mass is 32.1. The van der Waals surface area contributed by atoms with Gasteiger partial charge in [-0.25, -0.2) is 4.98 Å². The molecule has 21 heavy (non-hydrogen) atoms. The molecule has 0 amide bonds. The predicted octanol–water partition coefficient (Wildman–Crippen LogP) is 2.24. The third kappa shape index (κ3) is 4.04. The van der Waals surface area contributed by atoms with Crippen molar-refractivity contribution in [2.75, 3.05) is 25.5 Å². The number of nitrogens with two attached hydrogens (primary N) is 1. The van der Waals surface area contributed by atoms with E-state index in [-0.39, 0.29) is 16.8 Å². The third-order valence-corrected chi connectivity index (χ3v) is 3.64. The van der Waals surface area contributed by atoms with Crippen molar-refractivity contribution in [3.05, 3.63) is 23.4 Å². The van der Waals surface area contributed by atoms with Crippen LogP contribution in [-0.2, 0) is 6.18 Å². The largest absolute Gasteiger partial charge is 0.433 e. The molecule has 8 heteroatoms. The SMILES string of the molecule is CN1CCCC(Nc2nc(C(F)(F)F)ccc2C(N)=S)C1. The average Bonchev–Trinajstić information content (AvgIpc) is 2.37. The Labute approximate surface area is 126 Å². The van der Waals surface area contributed by atoms with E-state index in [0.717, 1.165) is 32.0 Å². The van der Waals surface area contributed by atoms with Crippen LogP contribution in [0.3, 0.4) is 0 Å². The molecule has 1 aromatic heterocycles. The summed E-state index contributed by atoms with van der Waals surface area (Å²) in [6.45, 7) is 1.73. The molecule has 1 aliphatic heterocycles. The zero-order valence-corrected chi connectivity index (χ0v) is 12.4. The predicted molar refractivity (Wildman–Crippen MR) is 79.3 cm³/mol. The highest BCUT2D eigenvalue weighted by Crippen LogP contribution is 2.30. The van der Waals surface area contributed by atoms with Crippen molar-refractivity contribution in [2.45, 2.75) is 25.1 Å². The summed E-state index contributed by atoms with van der Waals surface area (Å²) >= 11 is 4.88. The number of pyridine rings is 1. The maximum absolute atomic E-state index is 12.8. The summed E-state index contributed by atoms with van der Waals surface area (Å²) in [6.07, 6.45) is -2.64. The number of nitrogens with one attached hydrogen (secondary N) is 1. The van der Waals surface area contributed by atoms with Gasteiger partial charge in [0.1, 0.15) is 16.5 Å². The maximum atomic E-state index is 12.8. The second kappa shape index (κ2) is 6.15. The van der Waals surface area contributed by atoms with Gasteiger partial charge in [0.25, 0.3) is 0 Å². The minimum absolute atomic E-state index is 0.0305. The summed E-state index contributed by atoms with van der Waals surface area (Å²) in [5, 5.41) is 3.05. The lowest BCUT2D eigenvalue weighted by atomic mass is 10.1. The Balaban J connectivity index is 2.28. The van der Waals surface area contributed by atoms with Crippen molar-refractivity contribution in [3.63, 3.8) is 0 Å². The molecular formula is C13H17F3N4S. The Hall–Kier alpha value is -1.41. The van der Waals surface area contributed by atoms with Crippen LogP contribution in [0.4, 0.5) is 19.0 Å². The Morgan fingerprint density at radius 2 is 2.19 bits per heavy atom. The molecule has 0 saturated carbocycles. The molecule has 1 atom stereocenters. The minimum Gasteiger partial charge on any atom is -0.389 e. The van der Waals surface area contributed by atoms with E-state index in [2.05, 4.69) is 15.2 Å². The number of hydrogen-bond donors (Lipinski definition) is 2. The van der Waals surface area contributed by atoms with Crippen molar-refractivity contribution in [1.82, 2.24) is 9.88 Å². The van der Waals surface area contributed by atoms with E-state index < -0.39 is 11.9 Å². The number of likely N-dealkylation sites (tertiary alicyclic amines) is 1. The summed E-state index contributed by atoms with van der Waals surface area (Å²) in [6, 6.07) is 2.20. The minimum atomic E-state index is -4.49. The number of halogens is 3. The molecule has 0 radical (unpaired) electrons. The van der Waals surface area contributed by atoms with Gasteiger partial charge in [0.15, 0.2) is 0 Å². The first-order chi connectivity index (χ1) is 9.77. The van der Waals surface area contributed by atoms with Gasteiger partial charge in [0.05, 0.1) is 5.56 Å². The quantitative estimate of drug-likeness (QED) is 0.837. The Morgan fingerprint density at radius 1 is 1.48 bits per heavy atom. The standard InChI is InChI=1S/C13H17F3N4S/c1-20-6-2-3-8(7-20)18-12-9(11(17)21)4-5-10(19-12)13(14,15)16/h4-5,8H,2-3,6-7H2,1H3,(H2,17,21)(H,18,19). The molecule has 4 nitrogen and oxygen atoms in total. The van der Waals surface area contributed by atoms with Crippen molar-refractivity contribution in [1.29, 1.82) is 0 Å². The number of piperidine rings is 1. The van der Waals surface area contributed by atoms with Crippen molar-refractivity contribution in [3.8, 4) is 0 Å². The van der Waals surface area contributed by atoms with Crippen LogP contribution in [0.2, 0.25) is 0 Å². The van der Waals surface area contributed by atoms with Crippen molar-refractivity contribution >= 4 is 23.0 Å². The second-order valence-electron chi connectivity index (χ2n) is 5.20. The van der Waals surface area contributed by atoms with Gasteiger partial charge < -0.3 is 16.0 Å². The van der Waals surface area contributed by atoms with Crippen molar-refractivity contribution in [2.24, 2.45) is 5.73 Å². The Bertz CT molecular complexity index is 533. The molecule has 1 saturated heterocycles. The van der Waals surface area contributed by atoms with Crippen LogP contribution in [0.5, 0.6) is 0 Å². The lowest BCUT2D eigenvalue weighted by Gasteiger charge is -2.31. The number of anilines is 1. The molecule has 2 rings (SSSR count). The first-order valence-electron chi connectivity index (χ1n) is 6.60. The van der Waals surface area contributed by atoms with Gasteiger partial charge in [0, 0.05) is 12.6 Å². The van der Waals surface area contributed by atoms with Crippen molar-refractivity contribution < 1.29 is 13.2 Å². The molecule has 1 aliphatic rings. The topological polar surface area (TPSA) is 54.2 Å². The van der Waals surface area contributed by atoms with Crippen LogP contribution >= 0.6 is 12.2 Å². The zero-order chi connectivity index (χ0) is 15.6. The first kappa shape index (κ1) is 16.0. The van der Waals surface area contributed by atoms with Crippen LogP contribution in [0.1, 0.15) is 24.1 Å². The number of alkyl halides is 3. The molecule has 0 aromatic carbocycles. The Kier molecular flexibility index (Phi) is 4.67. The fraction of sp³-hybridized carbons (Fsp3) is 0.538. The molecule has 1 unspecified atom stereocenters. The van der Waals surface area contributed by atoms with Crippen LogP contribution in [-0.4, -0.2) is 41.1 Å². The van der Waals surface area contributed by atoms with Crippen LogP contribution < -0.4 is 11.1 Å². The maximum Gasteiger partial charge on any atom is 0.433 e. The number of hydrogen-bond acceptors (Lipinski definition) is 4. The average molecular weight is 318 g/mol. The van der Waals surface area contributed by atoms with E-state index in [1.54, 1.807) is 0 Å². The van der Waals surface area contributed by atoms with E-state index >= 15 is 0 Å². The van der Waals surface area contributed by atoms with Crippen LogP contribution in [0, 0.1) is 0 Å². The monoisotopic (exact) mass is 318 g/mol. The normalized spacial score (nSPS) is 20.3. The van der Waals surface area contributed by atoms with Gasteiger partial charge in [-0.05, 0) is 38.6 Å².